The van der Waals surface area contributed by atoms with Gasteiger partial charge in [-0.25, -0.2) is 4.79 Å². The molecule has 32 heavy (non-hydrogen) atoms. The lowest BCUT2D eigenvalue weighted by Crippen LogP contribution is -2.45. The third-order valence-corrected chi connectivity index (χ3v) is 4.82. The van der Waals surface area contributed by atoms with Gasteiger partial charge in [-0.05, 0) is 56.8 Å². The molecule has 0 bridgehead atoms. The summed E-state index contributed by atoms with van der Waals surface area (Å²) < 4.78 is 45.3. The number of ether oxygens (including phenoxy) is 1. The molecule has 3 amide bonds. The normalized spacial score (nSPS) is 11.6. The van der Waals surface area contributed by atoms with Gasteiger partial charge in [-0.3, -0.25) is 14.5 Å². The number of thiophene rings is 1. The summed E-state index contributed by atoms with van der Waals surface area (Å²) in [5, 5.41) is 5.55. The van der Waals surface area contributed by atoms with Crippen LogP contribution in [0, 0.1) is 6.92 Å². The highest BCUT2D eigenvalue weighted by Crippen LogP contribution is 2.40. The summed E-state index contributed by atoms with van der Waals surface area (Å²) >= 11 is 0.660. The Morgan fingerprint density at radius 3 is 2.41 bits per heavy atom. The fraction of sp³-hybridized carbons (Fsp3) is 0.381. The van der Waals surface area contributed by atoms with Gasteiger partial charge in [-0.2, -0.15) is 13.2 Å². The largest absolute Gasteiger partial charge is 0.459 e. The van der Waals surface area contributed by atoms with Crippen LogP contribution < -0.4 is 15.5 Å². The molecule has 0 radical (unpaired) electrons. The first-order chi connectivity index (χ1) is 14.8. The van der Waals surface area contributed by atoms with Crippen LogP contribution in [0.5, 0.6) is 0 Å². The van der Waals surface area contributed by atoms with Gasteiger partial charge in [0.15, 0.2) is 0 Å². The Balaban J connectivity index is 2.16. The lowest BCUT2D eigenvalue weighted by atomic mass is 10.2. The molecule has 1 heterocycles. The number of halogens is 3. The highest BCUT2D eigenvalue weighted by molar-refractivity contribution is 7.14. The second-order valence-electron chi connectivity index (χ2n) is 7.88. The van der Waals surface area contributed by atoms with Gasteiger partial charge in [0.1, 0.15) is 17.1 Å². The first kappa shape index (κ1) is 25.2. The predicted molar refractivity (Wildman–Crippen MR) is 116 cm³/mol. The van der Waals surface area contributed by atoms with Crippen molar-refractivity contribution in [3.63, 3.8) is 0 Å². The summed E-state index contributed by atoms with van der Waals surface area (Å²) in [5.74, 6) is -1.78. The Hall–Kier alpha value is -3.08. The van der Waals surface area contributed by atoms with E-state index in [2.05, 4.69) is 10.6 Å². The van der Waals surface area contributed by atoms with E-state index in [9.17, 15) is 27.6 Å². The van der Waals surface area contributed by atoms with Crippen LogP contribution in [0.2, 0.25) is 0 Å². The molecule has 0 saturated carbocycles. The lowest BCUT2D eigenvalue weighted by Gasteiger charge is -2.25. The van der Waals surface area contributed by atoms with Crippen LogP contribution in [-0.2, 0) is 20.5 Å². The third kappa shape index (κ3) is 7.56. The van der Waals surface area contributed by atoms with Crippen LogP contribution in [-0.4, -0.2) is 36.6 Å². The number of nitrogens with zero attached hydrogens (tertiary/aromatic N) is 1. The molecule has 7 nitrogen and oxygen atoms in total. The van der Waals surface area contributed by atoms with Gasteiger partial charge in [-0.15, -0.1) is 11.3 Å². The first-order valence-corrected chi connectivity index (χ1v) is 10.4. The molecule has 11 heteroatoms. The van der Waals surface area contributed by atoms with Gasteiger partial charge >= 0.3 is 18.2 Å². The Labute approximate surface area is 187 Å². The number of esters is 1. The van der Waals surface area contributed by atoms with Gasteiger partial charge in [-0.1, -0.05) is 12.1 Å². The Morgan fingerprint density at radius 1 is 1.12 bits per heavy atom. The van der Waals surface area contributed by atoms with Crippen LogP contribution in [0.4, 0.5) is 28.7 Å². The maximum Gasteiger partial charge on any atom is 0.419 e. The number of carbonyl (C=O) groups excluding carboxylic acids is 3. The van der Waals surface area contributed by atoms with E-state index in [1.165, 1.54) is 5.38 Å². The molecule has 0 unspecified atom stereocenters. The summed E-state index contributed by atoms with van der Waals surface area (Å²) in [6.07, 6.45) is -4.72. The molecule has 0 atom stereocenters. The third-order valence-electron chi connectivity index (χ3n) is 3.88. The lowest BCUT2D eigenvalue weighted by molar-refractivity contribution is -0.153. The highest BCUT2D eigenvalue weighted by Gasteiger charge is 2.38. The van der Waals surface area contributed by atoms with Crippen LogP contribution in [0.25, 0.3) is 0 Å². The Kier molecular flexibility index (Phi) is 7.89. The average molecular weight is 472 g/mol. The number of benzene rings is 1. The molecular formula is C21H24F3N3O4S. The van der Waals surface area contributed by atoms with E-state index < -0.39 is 53.3 Å². The number of urea groups is 1. The van der Waals surface area contributed by atoms with Crippen LogP contribution in [0.15, 0.2) is 35.7 Å². The van der Waals surface area contributed by atoms with E-state index >= 15 is 0 Å². The summed E-state index contributed by atoms with van der Waals surface area (Å²) in [5.41, 5.74) is -0.554. The van der Waals surface area contributed by atoms with Crippen LogP contribution in [0.3, 0.4) is 0 Å². The van der Waals surface area contributed by atoms with E-state index in [4.69, 9.17) is 4.74 Å². The van der Waals surface area contributed by atoms with Crippen LogP contribution in [0.1, 0.15) is 31.9 Å². The molecule has 1 aromatic heterocycles. The average Bonchev–Trinajstić information content (AvgIpc) is 3.12. The molecule has 0 spiro atoms. The number of nitrogens with one attached hydrogen (secondary N) is 2. The summed E-state index contributed by atoms with van der Waals surface area (Å²) in [7, 11) is 0. The maximum absolute atomic E-state index is 13.4. The zero-order valence-corrected chi connectivity index (χ0v) is 18.8. The van der Waals surface area contributed by atoms with E-state index in [0.717, 1.165) is 11.6 Å². The molecule has 2 aromatic rings. The minimum absolute atomic E-state index is 0.450. The van der Waals surface area contributed by atoms with Crippen molar-refractivity contribution >= 4 is 39.9 Å². The summed E-state index contributed by atoms with van der Waals surface area (Å²) in [4.78, 5) is 37.8. The van der Waals surface area contributed by atoms with E-state index in [0.29, 0.717) is 21.9 Å². The monoisotopic (exact) mass is 471 g/mol. The number of rotatable bonds is 6. The number of carbonyl (C=O) groups is 3. The van der Waals surface area contributed by atoms with Gasteiger partial charge in [0, 0.05) is 5.69 Å². The van der Waals surface area contributed by atoms with E-state index in [-0.39, 0.29) is 0 Å². The van der Waals surface area contributed by atoms with E-state index in [1.807, 2.05) is 13.0 Å². The maximum atomic E-state index is 13.4. The second kappa shape index (κ2) is 10.0. The predicted octanol–water partition coefficient (Wildman–Crippen LogP) is 4.57. The molecular weight excluding hydrogens is 447 g/mol. The molecule has 1 aromatic carbocycles. The molecule has 0 aliphatic rings. The topological polar surface area (TPSA) is 87.7 Å². The van der Waals surface area contributed by atoms with Gasteiger partial charge in [0.2, 0.25) is 5.91 Å². The van der Waals surface area contributed by atoms with Crippen molar-refractivity contribution in [1.82, 2.24) is 5.32 Å². The number of alkyl halides is 3. The smallest absolute Gasteiger partial charge is 0.419 e. The fourth-order valence-electron chi connectivity index (χ4n) is 2.65. The first-order valence-electron chi connectivity index (χ1n) is 9.54. The quantitative estimate of drug-likeness (QED) is 0.604. The van der Waals surface area contributed by atoms with Crippen molar-refractivity contribution in [3.8, 4) is 0 Å². The minimum atomic E-state index is -4.72. The van der Waals surface area contributed by atoms with Gasteiger partial charge in [0.05, 0.1) is 12.1 Å². The SMILES string of the molecule is Cc1cccc(NC(=O)NCC(=O)N(CC(=O)OC(C)(C)C)c2sccc2C(F)(F)F)c1. The molecule has 0 aliphatic carbocycles. The Bertz CT molecular complexity index is 983. The number of aryl methyl sites for hydroxylation is 1. The van der Waals surface area contributed by atoms with Gasteiger partial charge < -0.3 is 15.4 Å². The summed E-state index contributed by atoms with van der Waals surface area (Å²) in [6.45, 7) is 5.26. The number of hydrogen-bond acceptors (Lipinski definition) is 5. The molecule has 2 rings (SSSR count). The summed E-state index contributed by atoms with van der Waals surface area (Å²) in [6, 6.07) is 7.02. The molecule has 0 saturated heterocycles. The van der Waals surface area contributed by atoms with Crippen molar-refractivity contribution in [3.05, 3.63) is 46.8 Å². The van der Waals surface area contributed by atoms with Crippen molar-refractivity contribution < 1.29 is 32.3 Å². The molecule has 0 aliphatic heterocycles. The zero-order chi connectivity index (χ0) is 24.1. The fourth-order valence-corrected chi connectivity index (χ4v) is 3.59. The van der Waals surface area contributed by atoms with E-state index in [1.54, 1.807) is 39.0 Å². The molecule has 174 valence electrons. The Morgan fingerprint density at radius 2 is 1.81 bits per heavy atom. The number of amides is 3. The standard InChI is InChI=1S/C21H24F3N3O4S/c1-13-6-5-7-14(10-13)26-19(30)25-11-16(28)27(12-17(29)31-20(2,3)4)18-15(8-9-32-18)21(22,23)24/h5-10H,11-12H2,1-4H3,(H2,25,26,30). The zero-order valence-electron chi connectivity index (χ0n) is 18.0. The van der Waals surface area contributed by atoms with Crippen molar-refractivity contribution in [1.29, 1.82) is 0 Å². The van der Waals surface area contributed by atoms with Crippen molar-refractivity contribution in [2.75, 3.05) is 23.3 Å². The minimum Gasteiger partial charge on any atom is -0.459 e. The van der Waals surface area contributed by atoms with Crippen LogP contribution >= 0.6 is 11.3 Å². The molecule has 2 N–H and O–H groups in total. The van der Waals surface area contributed by atoms with Crippen molar-refractivity contribution in [2.24, 2.45) is 0 Å². The van der Waals surface area contributed by atoms with Gasteiger partial charge in [0.25, 0.3) is 0 Å². The second-order valence-corrected chi connectivity index (χ2v) is 8.78. The highest BCUT2D eigenvalue weighted by atomic mass is 32.1. The van der Waals surface area contributed by atoms with Crippen molar-refractivity contribution in [2.45, 2.75) is 39.5 Å². The molecule has 0 fully saturated rings. The number of anilines is 2. The number of hydrogen-bond donors (Lipinski definition) is 2.